The highest BCUT2D eigenvalue weighted by Crippen LogP contribution is 2.19. The summed E-state index contributed by atoms with van der Waals surface area (Å²) in [5, 5.41) is 12.6. The van der Waals surface area contributed by atoms with Crippen LogP contribution in [0.25, 0.3) is 0 Å². The highest BCUT2D eigenvalue weighted by atomic mass is 16.3. The van der Waals surface area contributed by atoms with E-state index in [0.717, 1.165) is 24.4 Å². The van der Waals surface area contributed by atoms with Crippen LogP contribution in [0.3, 0.4) is 0 Å². The minimum atomic E-state index is 0.189. The molecular weight excluding hydrogens is 214 g/mol. The summed E-state index contributed by atoms with van der Waals surface area (Å²) in [6.45, 7) is 8.74. The molecule has 2 atom stereocenters. The second-order valence-corrected chi connectivity index (χ2v) is 4.91. The number of hydrogen-bond acceptors (Lipinski definition) is 3. The Morgan fingerprint density at radius 1 is 1.29 bits per heavy atom. The SMILES string of the molecule is CCc1ccc(C(C)NC(CCO)C(C)C)o1. The third kappa shape index (κ3) is 4.17. The van der Waals surface area contributed by atoms with E-state index in [1.165, 1.54) is 0 Å². The Labute approximate surface area is 104 Å². The molecule has 1 aromatic heterocycles. The van der Waals surface area contributed by atoms with Crippen LogP contribution in [-0.4, -0.2) is 17.8 Å². The highest BCUT2D eigenvalue weighted by Gasteiger charge is 2.18. The average Bonchev–Trinajstić information content (AvgIpc) is 2.76. The monoisotopic (exact) mass is 239 g/mol. The van der Waals surface area contributed by atoms with Gasteiger partial charge in [0.15, 0.2) is 0 Å². The minimum Gasteiger partial charge on any atom is -0.464 e. The van der Waals surface area contributed by atoms with Gasteiger partial charge < -0.3 is 14.8 Å². The minimum absolute atomic E-state index is 0.189. The first kappa shape index (κ1) is 14.3. The first-order chi connectivity index (χ1) is 8.08. The van der Waals surface area contributed by atoms with E-state index < -0.39 is 0 Å². The Bertz CT molecular complexity index is 320. The Kier molecular flexibility index (Phi) is 5.72. The molecule has 0 saturated carbocycles. The Hall–Kier alpha value is -0.800. The zero-order valence-corrected chi connectivity index (χ0v) is 11.4. The van der Waals surface area contributed by atoms with Crippen LogP contribution in [0.1, 0.15) is 51.7 Å². The smallest absolute Gasteiger partial charge is 0.120 e. The fraction of sp³-hybridized carbons (Fsp3) is 0.714. The van der Waals surface area contributed by atoms with Crippen LogP contribution in [0, 0.1) is 5.92 Å². The van der Waals surface area contributed by atoms with Crippen LogP contribution in [0.5, 0.6) is 0 Å². The van der Waals surface area contributed by atoms with Crippen molar-refractivity contribution >= 4 is 0 Å². The van der Waals surface area contributed by atoms with Crippen LogP contribution in [0.15, 0.2) is 16.5 Å². The van der Waals surface area contributed by atoms with Gasteiger partial charge in [-0.1, -0.05) is 20.8 Å². The zero-order valence-electron chi connectivity index (χ0n) is 11.4. The topological polar surface area (TPSA) is 45.4 Å². The van der Waals surface area contributed by atoms with Crippen molar-refractivity contribution < 1.29 is 9.52 Å². The van der Waals surface area contributed by atoms with E-state index in [-0.39, 0.29) is 12.6 Å². The molecule has 17 heavy (non-hydrogen) atoms. The highest BCUT2D eigenvalue weighted by molar-refractivity contribution is 5.10. The van der Waals surface area contributed by atoms with Crippen molar-refractivity contribution in [3.8, 4) is 0 Å². The number of nitrogens with one attached hydrogen (secondary N) is 1. The van der Waals surface area contributed by atoms with E-state index in [4.69, 9.17) is 9.52 Å². The molecule has 0 spiro atoms. The Morgan fingerprint density at radius 2 is 2.00 bits per heavy atom. The van der Waals surface area contributed by atoms with Gasteiger partial charge in [0.1, 0.15) is 11.5 Å². The quantitative estimate of drug-likeness (QED) is 0.769. The lowest BCUT2D eigenvalue weighted by Gasteiger charge is -2.25. The number of aryl methyl sites for hydroxylation is 1. The molecule has 98 valence electrons. The second kappa shape index (κ2) is 6.82. The summed E-state index contributed by atoms with van der Waals surface area (Å²) in [4.78, 5) is 0. The maximum atomic E-state index is 9.05. The summed E-state index contributed by atoms with van der Waals surface area (Å²) in [5.74, 6) is 2.51. The van der Waals surface area contributed by atoms with Gasteiger partial charge in [0, 0.05) is 19.1 Å². The molecule has 0 fully saturated rings. The number of furan rings is 1. The zero-order chi connectivity index (χ0) is 12.8. The van der Waals surface area contributed by atoms with Crippen molar-refractivity contribution in [2.75, 3.05) is 6.61 Å². The molecule has 3 nitrogen and oxygen atoms in total. The average molecular weight is 239 g/mol. The molecule has 1 heterocycles. The van der Waals surface area contributed by atoms with Crippen LogP contribution in [-0.2, 0) is 6.42 Å². The van der Waals surface area contributed by atoms with Gasteiger partial charge in [-0.25, -0.2) is 0 Å². The summed E-state index contributed by atoms with van der Waals surface area (Å²) in [5.41, 5.74) is 0. The maximum Gasteiger partial charge on any atom is 0.120 e. The van der Waals surface area contributed by atoms with Gasteiger partial charge in [-0.05, 0) is 31.4 Å². The van der Waals surface area contributed by atoms with Crippen molar-refractivity contribution in [1.29, 1.82) is 0 Å². The van der Waals surface area contributed by atoms with Crippen molar-refractivity contribution in [2.45, 2.75) is 52.6 Å². The summed E-state index contributed by atoms with van der Waals surface area (Å²) in [6.07, 6.45) is 1.71. The molecule has 3 heteroatoms. The van der Waals surface area contributed by atoms with Crippen molar-refractivity contribution in [1.82, 2.24) is 5.32 Å². The van der Waals surface area contributed by atoms with Gasteiger partial charge in [-0.15, -0.1) is 0 Å². The molecule has 0 amide bonds. The molecule has 0 aliphatic heterocycles. The van der Waals surface area contributed by atoms with E-state index in [2.05, 4.69) is 33.0 Å². The Balaban J connectivity index is 2.59. The first-order valence-corrected chi connectivity index (χ1v) is 6.54. The lowest BCUT2D eigenvalue weighted by atomic mass is 10.00. The van der Waals surface area contributed by atoms with E-state index >= 15 is 0 Å². The van der Waals surface area contributed by atoms with Gasteiger partial charge in [-0.2, -0.15) is 0 Å². The molecule has 0 aliphatic carbocycles. The molecular formula is C14H25NO2. The molecule has 1 aromatic rings. The predicted octanol–water partition coefficient (Wildman–Crippen LogP) is 2.90. The van der Waals surface area contributed by atoms with E-state index in [0.29, 0.717) is 12.0 Å². The van der Waals surface area contributed by atoms with Crippen LogP contribution in [0.4, 0.5) is 0 Å². The number of aliphatic hydroxyl groups excluding tert-OH is 1. The molecule has 1 rings (SSSR count). The van der Waals surface area contributed by atoms with Crippen LogP contribution < -0.4 is 5.32 Å². The third-order valence-electron chi connectivity index (χ3n) is 3.17. The van der Waals surface area contributed by atoms with E-state index in [1.54, 1.807) is 0 Å². The lowest BCUT2D eigenvalue weighted by molar-refractivity contribution is 0.232. The van der Waals surface area contributed by atoms with Gasteiger partial charge in [-0.3, -0.25) is 0 Å². The summed E-state index contributed by atoms with van der Waals surface area (Å²) in [6, 6.07) is 4.58. The molecule has 0 radical (unpaired) electrons. The molecule has 0 bridgehead atoms. The summed E-state index contributed by atoms with van der Waals surface area (Å²) < 4.78 is 5.73. The van der Waals surface area contributed by atoms with E-state index in [1.807, 2.05) is 12.1 Å². The van der Waals surface area contributed by atoms with Crippen LogP contribution >= 0.6 is 0 Å². The van der Waals surface area contributed by atoms with Gasteiger partial charge in [0.2, 0.25) is 0 Å². The molecule has 0 aliphatic rings. The number of hydrogen-bond donors (Lipinski definition) is 2. The predicted molar refractivity (Wildman–Crippen MR) is 70.0 cm³/mol. The fourth-order valence-electron chi connectivity index (χ4n) is 1.97. The molecule has 2 N–H and O–H groups in total. The first-order valence-electron chi connectivity index (χ1n) is 6.54. The molecule has 0 aromatic carbocycles. The van der Waals surface area contributed by atoms with Gasteiger partial charge in [0.25, 0.3) is 0 Å². The van der Waals surface area contributed by atoms with Gasteiger partial charge >= 0.3 is 0 Å². The molecule has 0 saturated heterocycles. The standard InChI is InChI=1S/C14H25NO2/c1-5-12-6-7-14(17-12)11(4)15-13(8-9-16)10(2)3/h6-7,10-11,13,15-16H,5,8-9H2,1-4H3. The van der Waals surface area contributed by atoms with E-state index in [9.17, 15) is 0 Å². The van der Waals surface area contributed by atoms with Gasteiger partial charge in [0.05, 0.1) is 6.04 Å². The maximum absolute atomic E-state index is 9.05. The van der Waals surface area contributed by atoms with Crippen molar-refractivity contribution in [3.63, 3.8) is 0 Å². The van der Waals surface area contributed by atoms with Crippen molar-refractivity contribution in [3.05, 3.63) is 23.7 Å². The normalized spacial score (nSPS) is 15.2. The lowest BCUT2D eigenvalue weighted by Crippen LogP contribution is -2.36. The summed E-state index contributed by atoms with van der Waals surface area (Å²) >= 11 is 0. The molecule has 2 unspecified atom stereocenters. The summed E-state index contributed by atoms with van der Waals surface area (Å²) in [7, 11) is 0. The Morgan fingerprint density at radius 3 is 2.47 bits per heavy atom. The second-order valence-electron chi connectivity index (χ2n) is 4.91. The van der Waals surface area contributed by atoms with Crippen molar-refractivity contribution in [2.24, 2.45) is 5.92 Å². The number of aliphatic hydroxyl groups is 1. The third-order valence-corrected chi connectivity index (χ3v) is 3.17. The van der Waals surface area contributed by atoms with Crippen LogP contribution in [0.2, 0.25) is 0 Å². The fourth-order valence-corrected chi connectivity index (χ4v) is 1.97. The number of rotatable bonds is 7. The largest absolute Gasteiger partial charge is 0.464 e.